The zero-order valence-electron chi connectivity index (χ0n) is 14.9. The lowest BCUT2D eigenvalue weighted by atomic mass is 10.2. The lowest BCUT2D eigenvalue weighted by molar-refractivity contribution is -0.129. The minimum absolute atomic E-state index is 0.122. The van der Waals surface area contributed by atoms with Gasteiger partial charge < -0.3 is 14.5 Å². The van der Waals surface area contributed by atoms with Gasteiger partial charge in [0.05, 0.1) is 19.1 Å². The summed E-state index contributed by atoms with van der Waals surface area (Å²) in [5.74, 6) is 1.71. The Morgan fingerprint density at radius 1 is 1.35 bits per heavy atom. The van der Waals surface area contributed by atoms with E-state index in [9.17, 15) is 9.18 Å². The summed E-state index contributed by atoms with van der Waals surface area (Å²) >= 11 is 1.51. The average Bonchev–Trinajstić information content (AvgIpc) is 2.67. The van der Waals surface area contributed by atoms with Crippen LogP contribution in [-0.2, 0) is 4.79 Å². The summed E-state index contributed by atoms with van der Waals surface area (Å²) in [6.45, 7) is 4.02. The minimum atomic E-state index is -0.343. The van der Waals surface area contributed by atoms with Crippen molar-refractivity contribution < 1.29 is 13.9 Å². The number of ether oxygens (including phenoxy) is 1. The molecule has 138 valence electrons. The molecule has 1 fully saturated rings. The van der Waals surface area contributed by atoms with Gasteiger partial charge in [0.2, 0.25) is 5.91 Å². The van der Waals surface area contributed by atoms with Crippen LogP contribution >= 0.6 is 11.8 Å². The maximum absolute atomic E-state index is 13.0. The number of pyridine rings is 1. The molecule has 7 heteroatoms. The van der Waals surface area contributed by atoms with Gasteiger partial charge in [-0.3, -0.25) is 4.79 Å². The number of halogens is 1. The highest BCUT2D eigenvalue weighted by Crippen LogP contribution is 2.24. The van der Waals surface area contributed by atoms with Gasteiger partial charge in [0, 0.05) is 30.6 Å². The van der Waals surface area contributed by atoms with E-state index in [-0.39, 0.29) is 17.8 Å². The first kappa shape index (κ1) is 18.5. The van der Waals surface area contributed by atoms with Crippen molar-refractivity contribution in [2.24, 2.45) is 0 Å². The highest BCUT2D eigenvalue weighted by atomic mass is 32.2. The van der Waals surface area contributed by atoms with E-state index in [4.69, 9.17) is 4.74 Å². The molecule has 0 saturated carbocycles. The summed E-state index contributed by atoms with van der Waals surface area (Å²) in [5, 5.41) is 0. The highest BCUT2D eigenvalue weighted by molar-refractivity contribution is 8.00. The van der Waals surface area contributed by atoms with Gasteiger partial charge in [-0.05, 0) is 37.3 Å². The van der Waals surface area contributed by atoms with Gasteiger partial charge in [-0.15, -0.1) is 11.8 Å². The summed E-state index contributed by atoms with van der Waals surface area (Å²) in [6.07, 6.45) is 1.23. The summed E-state index contributed by atoms with van der Waals surface area (Å²) in [6, 6.07) is 10.9. The van der Waals surface area contributed by atoms with Crippen molar-refractivity contribution >= 4 is 23.5 Å². The summed E-state index contributed by atoms with van der Waals surface area (Å²) < 4.78 is 18.3. The molecular formula is C19H22FN3O2S. The van der Waals surface area contributed by atoms with Crippen molar-refractivity contribution in [2.45, 2.75) is 17.9 Å². The molecule has 1 atom stereocenters. The molecule has 0 aliphatic carbocycles. The van der Waals surface area contributed by atoms with Gasteiger partial charge in [-0.25, -0.2) is 9.37 Å². The van der Waals surface area contributed by atoms with E-state index in [1.54, 1.807) is 13.2 Å². The van der Waals surface area contributed by atoms with Gasteiger partial charge in [-0.1, -0.05) is 6.07 Å². The third-order valence-corrected chi connectivity index (χ3v) is 5.37. The van der Waals surface area contributed by atoms with E-state index >= 15 is 0 Å². The fourth-order valence-electron chi connectivity index (χ4n) is 2.99. The van der Waals surface area contributed by atoms with Crippen LogP contribution in [-0.4, -0.2) is 54.3 Å². The molecule has 0 spiro atoms. The highest BCUT2D eigenvalue weighted by Gasteiger charge is 2.27. The number of thioether (sulfide) groups is 1. The number of amides is 1. The van der Waals surface area contributed by atoms with E-state index in [1.165, 1.54) is 24.0 Å². The van der Waals surface area contributed by atoms with E-state index < -0.39 is 0 Å². The first-order chi connectivity index (χ1) is 12.6. The Bertz CT molecular complexity index is 757. The molecule has 1 aliphatic rings. The maximum atomic E-state index is 13.0. The number of piperazine rings is 1. The third kappa shape index (κ3) is 4.46. The van der Waals surface area contributed by atoms with Crippen LogP contribution in [0, 0.1) is 5.82 Å². The fraction of sp³-hybridized carbons (Fsp3) is 0.368. The number of rotatable bonds is 5. The fourth-order valence-corrected chi connectivity index (χ4v) is 3.84. The largest absolute Gasteiger partial charge is 0.497 e. The number of methoxy groups -OCH3 is 1. The smallest absolute Gasteiger partial charge is 0.233 e. The van der Waals surface area contributed by atoms with Crippen LogP contribution in [0.4, 0.5) is 10.2 Å². The SMILES string of the molecule is COc1cccc(SCC(=O)N2CCN(c3ccc(F)cn3)C(C)C2)c1. The van der Waals surface area contributed by atoms with Crippen molar-refractivity contribution in [2.75, 3.05) is 37.4 Å². The molecule has 2 aromatic rings. The lowest BCUT2D eigenvalue weighted by Gasteiger charge is -2.40. The number of carbonyl (C=O) groups excluding carboxylic acids is 1. The van der Waals surface area contributed by atoms with Crippen molar-refractivity contribution in [3.05, 3.63) is 48.4 Å². The predicted molar refractivity (Wildman–Crippen MR) is 101 cm³/mol. The monoisotopic (exact) mass is 375 g/mol. The minimum Gasteiger partial charge on any atom is -0.497 e. The van der Waals surface area contributed by atoms with Crippen molar-refractivity contribution in [3.63, 3.8) is 0 Å². The van der Waals surface area contributed by atoms with Gasteiger partial charge in [0.1, 0.15) is 17.4 Å². The Balaban J connectivity index is 1.54. The van der Waals surface area contributed by atoms with Gasteiger partial charge in [0.15, 0.2) is 0 Å². The molecule has 1 amide bonds. The molecule has 3 rings (SSSR count). The van der Waals surface area contributed by atoms with Crippen LogP contribution in [0.1, 0.15) is 6.92 Å². The molecular weight excluding hydrogens is 353 g/mol. The molecule has 0 radical (unpaired) electrons. The van der Waals surface area contributed by atoms with Gasteiger partial charge in [0.25, 0.3) is 0 Å². The van der Waals surface area contributed by atoms with Crippen molar-refractivity contribution in [1.29, 1.82) is 0 Å². The second kappa shape index (κ2) is 8.40. The quantitative estimate of drug-likeness (QED) is 0.752. The Kier molecular flexibility index (Phi) is 5.98. The molecule has 26 heavy (non-hydrogen) atoms. The van der Waals surface area contributed by atoms with E-state index in [0.717, 1.165) is 16.5 Å². The Labute approximate surface area is 157 Å². The number of aromatic nitrogens is 1. The van der Waals surface area contributed by atoms with Gasteiger partial charge >= 0.3 is 0 Å². The Morgan fingerprint density at radius 3 is 2.88 bits per heavy atom. The molecule has 0 N–H and O–H groups in total. The number of benzene rings is 1. The van der Waals surface area contributed by atoms with Crippen LogP contribution in [0.15, 0.2) is 47.5 Å². The molecule has 1 aromatic carbocycles. The lowest BCUT2D eigenvalue weighted by Crippen LogP contribution is -2.54. The molecule has 1 unspecified atom stereocenters. The van der Waals surface area contributed by atoms with Crippen molar-refractivity contribution in [1.82, 2.24) is 9.88 Å². The predicted octanol–water partition coefficient (Wildman–Crippen LogP) is 3.06. The van der Waals surface area contributed by atoms with Crippen LogP contribution in [0.25, 0.3) is 0 Å². The topological polar surface area (TPSA) is 45.7 Å². The molecule has 0 bridgehead atoms. The number of nitrogens with zero attached hydrogens (tertiary/aromatic N) is 3. The Hall–Kier alpha value is -2.28. The molecule has 1 aliphatic heterocycles. The van der Waals surface area contributed by atoms with Crippen LogP contribution in [0.2, 0.25) is 0 Å². The van der Waals surface area contributed by atoms with Crippen molar-refractivity contribution in [3.8, 4) is 5.75 Å². The van der Waals surface area contributed by atoms with E-state index in [2.05, 4.69) is 16.8 Å². The van der Waals surface area contributed by atoms with E-state index in [0.29, 0.717) is 25.4 Å². The van der Waals surface area contributed by atoms with Crippen LogP contribution in [0.5, 0.6) is 5.75 Å². The summed E-state index contributed by atoms with van der Waals surface area (Å²) in [5.41, 5.74) is 0. The molecule has 5 nitrogen and oxygen atoms in total. The molecule has 2 heterocycles. The number of hydrogen-bond donors (Lipinski definition) is 0. The number of hydrogen-bond acceptors (Lipinski definition) is 5. The number of carbonyl (C=O) groups is 1. The normalized spacial score (nSPS) is 17.3. The summed E-state index contributed by atoms with van der Waals surface area (Å²) in [7, 11) is 1.63. The standard InChI is InChI=1S/C19H22FN3O2S/c1-14-12-22(8-9-23(14)18-7-6-15(20)11-21-18)19(24)13-26-17-5-3-4-16(10-17)25-2/h3-7,10-11,14H,8-9,12-13H2,1-2H3. The maximum Gasteiger partial charge on any atom is 0.233 e. The molecule has 1 aromatic heterocycles. The second-order valence-corrected chi connectivity index (χ2v) is 7.23. The van der Waals surface area contributed by atoms with Gasteiger partial charge in [-0.2, -0.15) is 0 Å². The average molecular weight is 375 g/mol. The Morgan fingerprint density at radius 2 is 2.19 bits per heavy atom. The first-order valence-electron chi connectivity index (χ1n) is 8.49. The molecule has 1 saturated heterocycles. The van der Waals surface area contributed by atoms with Crippen LogP contribution in [0.3, 0.4) is 0 Å². The zero-order chi connectivity index (χ0) is 18.5. The van der Waals surface area contributed by atoms with E-state index in [1.807, 2.05) is 29.2 Å². The summed E-state index contributed by atoms with van der Waals surface area (Å²) in [4.78, 5) is 21.7. The van der Waals surface area contributed by atoms with Crippen LogP contribution < -0.4 is 9.64 Å². The number of anilines is 1. The third-order valence-electron chi connectivity index (χ3n) is 4.39. The zero-order valence-corrected chi connectivity index (χ0v) is 15.7. The second-order valence-electron chi connectivity index (χ2n) is 6.18. The first-order valence-corrected chi connectivity index (χ1v) is 9.48.